The van der Waals surface area contributed by atoms with Gasteiger partial charge in [0.25, 0.3) is 0 Å². The van der Waals surface area contributed by atoms with Crippen LogP contribution in [-0.4, -0.2) is 59.9 Å². The molecular weight excluding hydrogens is 236 g/mol. The molecule has 0 aromatic carbocycles. The zero-order valence-electron chi connectivity index (χ0n) is 11.1. The van der Waals surface area contributed by atoms with Gasteiger partial charge in [-0.3, -0.25) is 14.4 Å². The number of esters is 1. The van der Waals surface area contributed by atoms with Crippen molar-refractivity contribution in [1.82, 2.24) is 9.80 Å². The lowest BCUT2D eigenvalue weighted by Crippen LogP contribution is -2.55. The van der Waals surface area contributed by atoms with Crippen LogP contribution in [0.3, 0.4) is 0 Å². The number of nitrogens with zero attached hydrogens (tertiary/aromatic N) is 2. The summed E-state index contributed by atoms with van der Waals surface area (Å²) in [6, 6.07) is 0. The first-order valence-electron chi connectivity index (χ1n) is 6.19. The van der Waals surface area contributed by atoms with Crippen LogP contribution in [0.15, 0.2) is 0 Å². The Morgan fingerprint density at radius 3 is 2.33 bits per heavy atom. The molecule has 1 aliphatic rings. The molecule has 0 spiro atoms. The second kappa shape index (κ2) is 6.37. The summed E-state index contributed by atoms with van der Waals surface area (Å²) < 4.78 is 4.95. The van der Waals surface area contributed by atoms with E-state index in [1.54, 1.807) is 13.8 Å². The quantitative estimate of drug-likeness (QED) is 0.650. The minimum Gasteiger partial charge on any atom is -0.462 e. The highest BCUT2D eigenvalue weighted by atomic mass is 16.5. The molecule has 1 saturated heterocycles. The summed E-state index contributed by atoms with van der Waals surface area (Å²) in [5, 5.41) is 0. The van der Waals surface area contributed by atoms with Gasteiger partial charge in [-0.2, -0.15) is 0 Å². The first-order chi connectivity index (χ1) is 8.43. The molecule has 0 radical (unpaired) electrons. The van der Waals surface area contributed by atoms with Crippen molar-refractivity contribution in [3.05, 3.63) is 0 Å². The van der Waals surface area contributed by atoms with Gasteiger partial charge >= 0.3 is 5.97 Å². The van der Waals surface area contributed by atoms with Gasteiger partial charge in [-0.05, 0) is 20.3 Å². The Morgan fingerprint density at radius 2 is 1.78 bits per heavy atom. The van der Waals surface area contributed by atoms with E-state index in [2.05, 4.69) is 0 Å². The van der Waals surface area contributed by atoms with E-state index in [9.17, 15) is 14.4 Å². The number of carbonyl (C=O) groups excluding carboxylic acids is 3. The van der Waals surface area contributed by atoms with E-state index >= 15 is 0 Å². The SMILES string of the molecule is CCCN1CC(=O)N(CC(=O)OC(C)C)CC1=O. The summed E-state index contributed by atoms with van der Waals surface area (Å²) in [4.78, 5) is 37.7. The van der Waals surface area contributed by atoms with Gasteiger partial charge in [0.15, 0.2) is 0 Å². The van der Waals surface area contributed by atoms with Gasteiger partial charge in [0, 0.05) is 6.54 Å². The first-order valence-corrected chi connectivity index (χ1v) is 6.19. The molecule has 0 N–H and O–H groups in total. The Balaban J connectivity index is 2.52. The van der Waals surface area contributed by atoms with Gasteiger partial charge < -0.3 is 14.5 Å². The molecule has 0 aliphatic carbocycles. The predicted molar refractivity (Wildman–Crippen MR) is 64.7 cm³/mol. The predicted octanol–water partition coefficient (Wildman–Crippen LogP) is 0.0188. The van der Waals surface area contributed by atoms with E-state index in [1.807, 2.05) is 6.92 Å². The molecule has 18 heavy (non-hydrogen) atoms. The summed E-state index contributed by atoms with van der Waals surface area (Å²) in [7, 11) is 0. The van der Waals surface area contributed by atoms with Crippen molar-refractivity contribution >= 4 is 17.8 Å². The minimum atomic E-state index is -0.477. The maximum absolute atomic E-state index is 11.8. The average Bonchev–Trinajstić information content (AvgIpc) is 2.24. The van der Waals surface area contributed by atoms with E-state index in [0.29, 0.717) is 6.54 Å². The van der Waals surface area contributed by atoms with Crippen molar-refractivity contribution in [3.8, 4) is 0 Å². The maximum atomic E-state index is 11.8. The van der Waals surface area contributed by atoms with Crippen LogP contribution >= 0.6 is 0 Å². The van der Waals surface area contributed by atoms with Gasteiger partial charge in [0.05, 0.1) is 12.6 Å². The van der Waals surface area contributed by atoms with E-state index < -0.39 is 5.97 Å². The summed E-state index contributed by atoms with van der Waals surface area (Å²) >= 11 is 0. The van der Waals surface area contributed by atoms with Gasteiger partial charge in [0.2, 0.25) is 11.8 Å². The molecule has 102 valence electrons. The van der Waals surface area contributed by atoms with Crippen molar-refractivity contribution in [2.45, 2.75) is 33.3 Å². The monoisotopic (exact) mass is 256 g/mol. The lowest BCUT2D eigenvalue weighted by molar-refractivity contribution is -0.158. The van der Waals surface area contributed by atoms with Crippen LogP contribution in [0.5, 0.6) is 0 Å². The molecule has 6 heteroatoms. The van der Waals surface area contributed by atoms with E-state index in [4.69, 9.17) is 4.74 Å². The largest absolute Gasteiger partial charge is 0.462 e. The van der Waals surface area contributed by atoms with Gasteiger partial charge in [-0.15, -0.1) is 0 Å². The van der Waals surface area contributed by atoms with Gasteiger partial charge in [0.1, 0.15) is 13.1 Å². The van der Waals surface area contributed by atoms with Crippen LogP contribution in [0.2, 0.25) is 0 Å². The zero-order chi connectivity index (χ0) is 13.7. The third-order valence-corrected chi connectivity index (χ3v) is 2.54. The number of piperazine rings is 1. The van der Waals surface area contributed by atoms with E-state index in [1.165, 1.54) is 9.80 Å². The fraction of sp³-hybridized carbons (Fsp3) is 0.750. The number of rotatable bonds is 5. The average molecular weight is 256 g/mol. The highest BCUT2D eigenvalue weighted by molar-refractivity contribution is 5.94. The van der Waals surface area contributed by atoms with Gasteiger partial charge in [-0.25, -0.2) is 0 Å². The molecule has 0 bridgehead atoms. The second-order valence-electron chi connectivity index (χ2n) is 4.60. The Labute approximate surface area is 107 Å². The van der Waals surface area contributed by atoms with Crippen molar-refractivity contribution in [2.24, 2.45) is 0 Å². The zero-order valence-corrected chi connectivity index (χ0v) is 11.1. The number of hydrogen-bond donors (Lipinski definition) is 0. The van der Waals surface area contributed by atoms with Crippen molar-refractivity contribution in [2.75, 3.05) is 26.2 Å². The van der Waals surface area contributed by atoms with Crippen LogP contribution in [0.25, 0.3) is 0 Å². The molecular formula is C12H20N2O4. The molecule has 0 saturated carbocycles. The lowest BCUT2D eigenvalue weighted by Gasteiger charge is -2.33. The fourth-order valence-corrected chi connectivity index (χ4v) is 1.78. The van der Waals surface area contributed by atoms with Crippen molar-refractivity contribution < 1.29 is 19.1 Å². The fourth-order valence-electron chi connectivity index (χ4n) is 1.78. The van der Waals surface area contributed by atoms with Crippen molar-refractivity contribution in [1.29, 1.82) is 0 Å². The third kappa shape index (κ3) is 4.01. The molecule has 1 fully saturated rings. The molecule has 1 heterocycles. The van der Waals surface area contributed by atoms with E-state index in [0.717, 1.165) is 6.42 Å². The number of hydrogen-bond acceptors (Lipinski definition) is 4. The highest BCUT2D eigenvalue weighted by Crippen LogP contribution is 2.06. The summed E-state index contributed by atoms with van der Waals surface area (Å²) in [5.74, 6) is -0.798. The summed E-state index contributed by atoms with van der Waals surface area (Å²) in [5.41, 5.74) is 0. The minimum absolute atomic E-state index is 0.0357. The Bertz CT molecular complexity index is 341. The maximum Gasteiger partial charge on any atom is 0.325 e. The molecule has 2 amide bonds. The van der Waals surface area contributed by atoms with E-state index in [-0.39, 0.29) is 37.6 Å². The lowest BCUT2D eigenvalue weighted by atomic mass is 10.2. The second-order valence-corrected chi connectivity index (χ2v) is 4.60. The molecule has 0 unspecified atom stereocenters. The molecule has 0 aromatic heterocycles. The Hall–Kier alpha value is -1.59. The Morgan fingerprint density at radius 1 is 1.22 bits per heavy atom. The molecule has 0 atom stereocenters. The molecule has 6 nitrogen and oxygen atoms in total. The standard InChI is InChI=1S/C12H20N2O4/c1-4-5-13-6-11(16)14(7-10(13)15)8-12(17)18-9(2)3/h9H,4-8H2,1-3H3. The third-order valence-electron chi connectivity index (χ3n) is 2.54. The summed E-state index contributed by atoms with van der Waals surface area (Å²) in [6.45, 7) is 5.88. The molecule has 1 rings (SSSR count). The smallest absolute Gasteiger partial charge is 0.325 e. The van der Waals surface area contributed by atoms with Crippen LogP contribution < -0.4 is 0 Å². The summed E-state index contributed by atoms with van der Waals surface area (Å²) in [6.07, 6.45) is 0.596. The number of carbonyl (C=O) groups is 3. The van der Waals surface area contributed by atoms with Crippen LogP contribution in [0.1, 0.15) is 27.2 Å². The van der Waals surface area contributed by atoms with Crippen LogP contribution in [0.4, 0.5) is 0 Å². The Kier molecular flexibility index (Phi) is 5.12. The van der Waals surface area contributed by atoms with Gasteiger partial charge in [-0.1, -0.05) is 6.92 Å². The molecule has 1 aliphatic heterocycles. The first kappa shape index (κ1) is 14.5. The van der Waals surface area contributed by atoms with Crippen molar-refractivity contribution in [3.63, 3.8) is 0 Å². The van der Waals surface area contributed by atoms with Crippen LogP contribution in [0, 0.1) is 0 Å². The molecule has 0 aromatic rings. The number of ether oxygens (including phenoxy) is 1. The highest BCUT2D eigenvalue weighted by Gasteiger charge is 2.30. The number of amides is 2. The topological polar surface area (TPSA) is 66.9 Å². The normalized spacial score (nSPS) is 16.4. The van der Waals surface area contributed by atoms with Crippen LogP contribution in [-0.2, 0) is 19.1 Å².